The van der Waals surface area contributed by atoms with Crippen molar-refractivity contribution < 1.29 is 13.9 Å². The van der Waals surface area contributed by atoms with Crippen LogP contribution in [0.4, 0.5) is 0 Å². The van der Waals surface area contributed by atoms with Crippen LogP contribution in [0.2, 0.25) is 5.02 Å². The molecule has 3 rings (SSSR count). The molecule has 0 spiro atoms. The molecule has 4 nitrogen and oxygen atoms in total. The highest BCUT2D eigenvalue weighted by Gasteiger charge is 2.34. The van der Waals surface area contributed by atoms with Gasteiger partial charge in [-0.25, -0.2) is 9.78 Å². The van der Waals surface area contributed by atoms with Crippen LogP contribution in [0.3, 0.4) is 0 Å². The summed E-state index contributed by atoms with van der Waals surface area (Å²) in [6.45, 7) is 1.93. The Hall–Kier alpha value is -1.81. The van der Waals surface area contributed by atoms with Gasteiger partial charge in [-0.15, -0.1) is 0 Å². The number of hydrogen-bond donors (Lipinski definition) is 0. The van der Waals surface area contributed by atoms with Gasteiger partial charge in [0, 0.05) is 16.5 Å². The molecule has 0 radical (unpaired) electrons. The van der Waals surface area contributed by atoms with Gasteiger partial charge in [0.2, 0.25) is 5.89 Å². The molecule has 0 atom stereocenters. The first-order valence-electron chi connectivity index (χ1n) is 6.45. The van der Waals surface area contributed by atoms with Crippen molar-refractivity contribution in [2.24, 2.45) is 0 Å². The first-order chi connectivity index (χ1) is 9.60. The Bertz CT molecular complexity index is 674. The first-order valence-corrected chi connectivity index (χ1v) is 6.83. The molecule has 1 saturated carbocycles. The van der Waals surface area contributed by atoms with Crippen molar-refractivity contribution in [3.63, 3.8) is 0 Å². The molecule has 0 bridgehead atoms. The summed E-state index contributed by atoms with van der Waals surface area (Å²) >= 11 is 6.11. The second-order valence-corrected chi connectivity index (χ2v) is 5.37. The van der Waals surface area contributed by atoms with Crippen molar-refractivity contribution in [2.45, 2.75) is 25.7 Å². The van der Waals surface area contributed by atoms with Crippen LogP contribution >= 0.6 is 11.6 Å². The number of rotatable bonds is 3. The smallest absolute Gasteiger partial charge is 0.360 e. The van der Waals surface area contributed by atoms with Crippen molar-refractivity contribution in [2.75, 3.05) is 7.11 Å². The highest BCUT2D eigenvalue weighted by molar-refractivity contribution is 6.31. The fourth-order valence-electron chi connectivity index (χ4n) is 2.05. The molecule has 0 aliphatic heterocycles. The number of aromatic nitrogens is 1. The highest BCUT2D eigenvalue weighted by atomic mass is 35.5. The number of carbonyl (C=O) groups excluding carboxylic acids is 1. The molecule has 2 aromatic rings. The minimum absolute atomic E-state index is 0.279. The predicted octanol–water partition coefficient (Wildman–Crippen LogP) is 3.97. The van der Waals surface area contributed by atoms with Gasteiger partial charge in [-0.2, -0.15) is 0 Å². The quantitative estimate of drug-likeness (QED) is 0.803. The van der Waals surface area contributed by atoms with Crippen LogP contribution in [0.5, 0.6) is 0 Å². The normalized spacial score (nSPS) is 14.3. The van der Waals surface area contributed by atoms with Crippen molar-refractivity contribution in [1.82, 2.24) is 4.98 Å². The summed E-state index contributed by atoms with van der Waals surface area (Å²) in [5.74, 6) is 0.865. The number of benzene rings is 1. The van der Waals surface area contributed by atoms with Crippen LogP contribution in [0, 0.1) is 6.92 Å². The summed E-state index contributed by atoms with van der Waals surface area (Å²) in [7, 11) is 1.34. The van der Waals surface area contributed by atoms with Crippen molar-refractivity contribution in [1.29, 1.82) is 0 Å². The van der Waals surface area contributed by atoms with Gasteiger partial charge in [0.05, 0.1) is 7.11 Å². The van der Waals surface area contributed by atoms with Crippen LogP contribution in [0.25, 0.3) is 11.5 Å². The Morgan fingerprint density at radius 1 is 1.45 bits per heavy atom. The summed E-state index contributed by atoms with van der Waals surface area (Å²) < 4.78 is 10.5. The van der Waals surface area contributed by atoms with Gasteiger partial charge in [-0.3, -0.25) is 0 Å². The molecule has 0 amide bonds. The number of nitrogens with zero attached hydrogens (tertiary/aromatic N) is 1. The number of hydrogen-bond acceptors (Lipinski definition) is 4. The van der Waals surface area contributed by atoms with Crippen molar-refractivity contribution in [3.05, 3.63) is 40.2 Å². The third kappa shape index (κ3) is 2.31. The minimum atomic E-state index is -0.458. The summed E-state index contributed by atoms with van der Waals surface area (Å²) in [5.41, 5.74) is 2.02. The zero-order chi connectivity index (χ0) is 14.3. The molecule has 1 heterocycles. The van der Waals surface area contributed by atoms with E-state index in [-0.39, 0.29) is 11.6 Å². The van der Waals surface area contributed by atoms with Crippen LogP contribution in [-0.4, -0.2) is 18.1 Å². The van der Waals surface area contributed by atoms with Gasteiger partial charge in [0.15, 0.2) is 5.69 Å². The molecule has 1 aliphatic rings. The zero-order valence-electron chi connectivity index (χ0n) is 11.3. The Morgan fingerprint density at radius 3 is 2.80 bits per heavy atom. The van der Waals surface area contributed by atoms with E-state index in [4.69, 9.17) is 20.8 Å². The average Bonchev–Trinajstić information content (AvgIpc) is 3.20. The molecule has 0 unspecified atom stereocenters. The Kier molecular flexibility index (Phi) is 3.26. The van der Waals surface area contributed by atoms with E-state index in [1.807, 2.05) is 19.1 Å². The molecule has 20 heavy (non-hydrogen) atoms. The standard InChI is InChI=1S/C15H14ClNO3/c1-8-3-4-10(7-11(8)16)14-17-12(15(18)19-2)13(20-14)9-5-6-9/h3-4,7,9H,5-6H2,1-2H3. The fourth-order valence-corrected chi connectivity index (χ4v) is 2.23. The lowest BCUT2D eigenvalue weighted by Gasteiger charge is -1.99. The second-order valence-electron chi connectivity index (χ2n) is 4.96. The topological polar surface area (TPSA) is 52.3 Å². The molecule has 0 N–H and O–H groups in total. The molecular formula is C15H14ClNO3. The van der Waals surface area contributed by atoms with Crippen LogP contribution in [-0.2, 0) is 4.74 Å². The summed E-state index contributed by atoms with van der Waals surface area (Å²) in [6.07, 6.45) is 2.04. The average molecular weight is 292 g/mol. The number of carbonyl (C=O) groups is 1. The van der Waals surface area contributed by atoms with Crippen molar-refractivity contribution >= 4 is 17.6 Å². The highest BCUT2D eigenvalue weighted by Crippen LogP contribution is 2.43. The number of ether oxygens (including phenoxy) is 1. The maximum Gasteiger partial charge on any atom is 0.360 e. The summed E-state index contributed by atoms with van der Waals surface area (Å²) in [6, 6.07) is 5.57. The number of oxazole rings is 1. The van der Waals surface area contributed by atoms with E-state index in [1.54, 1.807) is 6.07 Å². The van der Waals surface area contributed by atoms with Crippen LogP contribution in [0.1, 0.15) is 40.6 Å². The Balaban J connectivity index is 2.05. The molecular weight excluding hydrogens is 278 g/mol. The monoisotopic (exact) mass is 291 g/mol. The molecule has 1 aromatic carbocycles. The van der Waals surface area contributed by atoms with E-state index >= 15 is 0 Å². The molecule has 1 aromatic heterocycles. The number of halogens is 1. The third-order valence-electron chi connectivity index (χ3n) is 3.40. The number of esters is 1. The number of methoxy groups -OCH3 is 1. The van der Waals surface area contributed by atoms with Gasteiger partial charge in [-0.1, -0.05) is 17.7 Å². The second kappa shape index (κ2) is 4.94. The van der Waals surface area contributed by atoms with E-state index in [0.29, 0.717) is 16.7 Å². The molecule has 1 aliphatic carbocycles. The number of aryl methyl sites for hydroxylation is 1. The SMILES string of the molecule is COC(=O)c1nc(-c2ccc(C)c(Cl)c2)oc1C1CC1. The maximum absolute atomic E-state index is 11.8. The lowest BCUT2D eigenvalue weighted by atomic mass is 10.1. The van der Waals surface area contributed by atoms with E-state index < -0.39 is 5.97 Å². The lowest BCUT2D eigenvalue weighted by molar-refractivity contribution is 0.0592. The Morgan fingerprint density at radius 2 is 2.20 bits per heavy atom. The van der Waals surface area contributed by atoms with E-state index in [2.05, 4.69) is 4.98 Å². The molecule has 104 valence electrons. The first kappa shape index (κ1) is 13.2. The largest absolute Gasteiger partial charge is 0.464 e. The third-order valence-corrected chi connectivity index (χ3v) is 3.81. The summed E-state index contributed by atoms with van der Waals surface area (Å²) in [4.78, 5) is 16.0. The fraction of sp³-hybridized carbons (Fsp3) is 0.333. The molecule has 5 heteroatoms. The zero-order valence-corrected chi connectivity index (χ0v) is 12.0. The van der Waals surface area contributed by atoms with Crippen molar-refractivity contribution in [3.8, 4) is 11.5 Å². The van der Waals surface area contributed by atoms with Gasteiger partial charge in [0.1, 0.15) is 5.76 Å². The maximum atomic E-state index is 11.8. The van der Waals surface area contributed by atoms with Crippen LogP contribution in [0.15, 0.2) is 22.6 Å². The lowest BCUT2D eigenvalue weighted by Crippen LogP contribution is -2.04. The summed E-state index contributed by atoms with van der Waals surface area (Å²) in [5, 5.41) is 0.647. The van der Waals surface area contributed by atoms with Gasteiger partial charge < -0.3 is 9.15 Å². The molecule has 0 saturated heterocycles. The van der Waals surface area contributed by atoms with E-state index in [0.717, 1.165) is 24.0 Å². The van der Waals surface area contributed by atoms with E-state index in [9.17, 15) is 4.79 Å². The van der Waals surface area contributed by atoms with Crippen LogP contribution < -0.4 is 0 Å². The minimum Gasteiger partial charge on any atom is -0.464 e. The Labute approximate surface area is 121 Å². The van der Waals surface area contributed by atoms with Gasteiger partial charge >= 0.3 is 5.97 Å². The van der Waals surface area contributed by atoms with E-state index in [1.165, 1.54) is 7.11 Å². The predicted molar refractivity (Wildman–Crippen MR) is 75.0 cm³/mol. The molecule has 1 fully saturated rings. The van der Waals surface area contributed by atoms with Gasteiger partial charge in [0.25, 0.3) is 0 Å². The van der Waals surface area contributed by atoms with Gasteiger partial charge in [-0.05, 0) is 37.5 Å².